The molecule has 1 heterocycles. The third-order valence-electron chi connectivity index (χ3n) is 9.91. The zero-order valence-corrected chi connectivity index (χ0v) is 27.0. The van der Waals surface area contributed by atoms with Crippen molar-refractivity contribution < 1.29 is 33.5 Å². The molecule has 4 aliphatic rings. The number of amides is 5. The molecule has 46 heavy (non-hydrogen) atoms. The van der Waals surface area contributed by atoms with E-state index in [1.807, 2.05) is 37.3 Å². The summed E-state index contributed by atoms with van der Waals surface area (Å²) in [6.45, 7) is 5.84. The summed E-state index contributed by atoms with van der Waals surface area (Å²) in [5, 5.41) is 10.7. The fourth-order valence-electron chi connectivity index (χ4n) is 7.15. The lowest BCUT2D eigenvalue weighted by Gasteiger charge is -2.34. The molecule has 0 bridgehead atoms. The Balaban J connectivity index is 1.22. The molecule has 1 saturated heterocycles. The van der Waals surface area contributed by atoms with Crippen LogP contribution in [0.1, 0.15) is 71.3 Å². The molecule has 5 amide bonds. The maximum absolute atomic E-state index is 14.1. The van der Waals surface area contributed by atoms with E-state index < -0.39 is 47.7 Å². The predicted molar refractivity (Wildman–Crippen MR) is 168 cm³/mol. The summed E-state index contributed by atoms with van der Waals surface area (Å²) < 4.78 is 5.29. The van der Waals surface area contributed by atoms with Gasteiger partial charge in [-0.3, -0.25) is 24.0 Å². The maximum atomic E-state index is 14.1. The second kappa shape index (κ2) is 14.6. The molecule has 3 saturated carbocycles. The quantitative estimate of drug-likeness (QED) is 0.227. The van der Waals surface area contributed by atoms with Gasteiger partial charge in [-0.1, -0.05) is 62.9 Å². The van der Waals surface area contributed by atoms with Crippen LogP contribution in [-0.2, 0) is 35.3 Å². The number of benzene rings is 1. The van der Waals surface area contributed by atoms with Gasteiger partial charge in [0.1, 0.15) is 12.1 Å². The molecule has 1 aromatic carbocycles. The van der Waals surface area contributed by atoms with Gasteiger partial charge in [0, 0.05) is 13.1 Å². The van der Waals surface area contributed by atoms with Crippen LogP contribution in [0.5, 0.6) is 0 Å². The molecular weight excluding hydrogens is 590 g/mol. The topological polar surface area (TPSA) is 163 Å². The minimum absolute atomic E-state index is 0.0527. The maximum Gasteiger partial charge on any atom is 0.408 e. The molecule has 0 spiro atoms. The molecule has 3 aliphatic carbocycles. The number of alkyl carbamates (subject to hydrolysis) is 1. The van der Waals surface area contributed by atoms with Crippen molar-refractivity contribution in [3.05, 3.63) is 35.9 Å². The van der Waals surface area contributed by atoms with E-state index in [4.69, 9.17) is 4.74 Å². The van der Waals surface area contributed by atoms with Gasteiger partial charge in [-0.25, -0.2) is 4.79 Å². The third kappa shape index (κ3) is 8.24. The minimum Gasteiger partial charge on any atom is -0.447 e. The Hall–Kier alpha value is -3.96. The van der Waals surface area contributed by atoms with Crippen LogP contribution in [0.25, 0.3) is 0 Å². The molecular formula is C34H47N5O7. The van der Waals surface area contributed by atoms with Crippen molar-refractivity contribution in [1.29, 1.82) is 0 Å². The number of hydrogen-bond donors (Lipinski definition) is 4. The molecule has 0 radical (unpaired) electrons. The SMILES string of the molecule is CC(C)OC(=O)N[C@H](C(=O)N1CC2C([C@H]2C)[C@H]1C(=O)NC(CC1CC1)C(=O)C(=O)NCC(=O)NCc1ccccc1)C1CCCC1. The number of rotatable bonds is 14. The first kappa shape index (κ1) is 33.4. The van der Waals surface area contributed by atoms with Gasteiger partial charge >= 0.3 is 6.09 Å². The van der Waals surface area contributed by atoms with E-state index in [0.29, 0.717) is 13.0 Å². The number of likely N-dealkylation sites (tertiary alicyclic amines) is 1. The summed E-state index contributed by atoms with van der Waals surface area (Å²) >= 11 is 0. The average molecular weight is 638 g/mol. The Morgan fingerprint density at radius 1 is 0.935 bits per heavy atom. The van der Waals surface area contributed by atoms with E-state index in [-0.39, 0.29) is 54.7 Å². The summed E-state index contributed by atoms with van der Waals surface area (Å²) in [4.78, 5) is 80.6. The summed E-state index contributed by atoms with van der Waals surface area (Å²) in [6.07, 6.45) is 4.63. The Morgan fingerprint density at radius 3 is 2.28 bits per heavy atom. The lowest BCUT2D eigenvalue weighted by molar-refractivity contribution is -0.144. The Kier molecular flexibility index (Phi) is 10.6. The molecule has 3 unspecified atom stereocenters. The number of fused-ring (bicyclic) bond motifs is 1. The largest absolute Gasteiger partial charge is 0.447 e. The van der Waals surface area contributed by atoms with Crippen molar-refractivity contribution >= 4 is 35.5 Å². The highest BCUT2D eigenvalue weighted by Crippen LogP contribution is 2.55. The van der Waals surface area contributed by atoms with Crippen molar-refractivity contribution in [2.75, 3.05) is 13.1 Å². The number of Topliss-reactive ketones (excluding diaryl/α,β-unsaturated/α-hetero) is 1. The van der Waals surface area contributed by atoms with Gasteiger partial charge in [-0.2, -0.15) is 0 Å². The fourth-order valence-corrected chi connectivity index (χ4v) is 7.15. The van der Waals surface area contributed by atoms with E-state index in [2.05, 4.69) is 21.3 Å². The highest BCUT2D eigenvalue weighted by atomic mass is 16.6. The first-order valence-corrected chi connectivity index (χ1v) is 16.7. The van der Waals surface area contributed by atoms with E-state index in [0.717, 1.165) is 44.1 Å². The number of hydrogen-bond acceptors (Lipinski definition) is 7. The number of nitrogens with one attached hydrogen (secondary N) is 4. The second-order valence-corrected chi connectivity index (χ2v) is 13.7. The highest BCUT2D eigenvalue weighted by molar-refractivity contribution is 6.38. The van der Waals surface area contributed by atoms with Crippen molar-refractivity contribution in [3.8, 4) is 0 Å². The molecule has 12 nitrogen and oxygen atoms in total. The molecule has 0 aromatic heterocycles. The van der Waals surface area contributed by atoms with Crippen molar-refractivity contribution in [1.82, 2.24) is 26.2 Å². The number of nitrogens with zero attached hydrogens (tertiary/aromatic N) is 1. The van der Waals surface area contributed by atoms with Gasteiger partial charge in [0.15, 0.2) is 0 Å². The lowest BCUT2D eigenvalue weighted by Crippen LogP contribution is -2.59. The number of piperidine rings is 1. The molecule has 4 fully saturated rings. The smallest absolute Gasteiger partial charge is 0.408 e. The highest BCUT2D eigenvalue weighted by Gasteiger charge is 2.63. The lowest BCUT2D eigenvalue weighted by atomic mass is 9.95. The van der Waals surface area contributed by atoms with Crippen LogP contribution in [0.4, 0.5) is 4.79 Å². The minimum atomic E-state index is -1.07. The Bertz CT molecular complexity index is 1310. The Morgan fingerprint density at radius 2 is 1.63 bits per heavy atom. The van der Waals surface area contributed by atoms with E-state index in [1.165, 1.54) is 0 Å². The third-order valence-corrected chi connectivity index (χ3v) is 9.91. The standard InChI is InChI=1S/C34H47N5O7/c1-19(2)46-34(45)38-28(23-11-7-8-12-23)33(44)39-18-24-20(3)27(24)29(39)31(42)37-25(15-21-13-14-21)30(41)32(43)36-17-26(40)35-16-22-9-5-4-6-10-22/h4-6,9-10,19-21,23-25,27-29H,7-8,11-18H2,1-3H3,(H,35,40)(H,36,43)(H,37,42)(H,38,45)/t20-,24?,25?,27?,28-,29-/m0/s1. The molecule has 6 atom stereocenters. The zero-order valence-electron chi connectivity index (χ0n) is 27.0. The van der Waals surface area contributed by atoms with Crippen LogP contribution >= 0.6 is 0 Å². The number of ether oxygens (including phenoxy) is 1. The van der Waals surface area contributed by atoms with Gasteiger partial charge < -0.3 is 30.9 Å². The van der Waals surface area contributed by atoms with Crippen LogP contribution < -0.4 is 21.3 Å². The van der Waals surface area contributed by atoms with Gasteiger partial charge in [-0.05, 0) is 68.3 Å². The van der Waals surface area contributed by atoms with E-state index in [1.54, 1.807) is 18.7 Å². The summed E-state index contributed by atoms with van der Waals surface area (Å²) in [5.41, 5.74) is 0.901. The van der Waals surface area contributed by atoms with Crippen molar-refractivity contribution in [2.45, 2.75) is 96.5 Å². The first-order chi connectivity index (χ1) is 22.0. The summed E-state index contributed by atoms with van der Waals surface area (Å²) in [7, 11) is 0. The van der Waals surface area contributed by atoms with Crippen molar-refractivity contribution in [2.24, 2.45) is 29.6 Å². The monoisotopic (exact) mass is 637 g/mol. The normalized spacial score (nSPS) is 24.8. The summed E-state index contributed by atoms with van der Waals surface area (Å²) in [5.74, 6) is -2.47. The predicted octanol–water partition coefficient (Wildman–Crippen LogP) is 2.06. The first-order valence-electron chi connectivity index (χ1n) is 16.7. The fraction of sp³-hybridized carbons (Fsp3) is 0.647. The van der Waals surface area contributed by atoms with Crippen LogP contribution in [0.2, 0.25) is 0 Å². The second-order valence-electron chi connectivity index (χ2n) is 13.7. The molecule has 12 heteroatoms. The van der Waals surface area contributed by atoms with Gasteiger partial charge in [0.25, 0.3) is 5.91 Å². The van der Waals surface area contributed by atoms with E-state index >= 15 is 0 Å². The number of ketones is 1. The van der Waals surface area contributed by atoms with Crippen LogP contribution in [0.3, 0.4) is 0 Å². The molecule has 1 aromatic rings. The molecule has 250 valence electrons. The average Bonchev–Trinajstić information content (AvgIpc) is 3.80. The van der Waals surface area contributed by atoms with Crippen LogP contribution in [0, 0.1) is 29.6 Å². The Labute approximate surface area is 270 Å². The van der Waals surface area contributed by atoms with Gasteiger partial charge in [0.05, 0.1) is 18.7 Å². The van der Waals surface area contributed by atoms with Crippen LogP contribution in [-0.4, -0.2) is 77.7 Å². The summed E-state index contributed by atoms with van der Waals surface area (Å²) in [6, 6.07) is 6.64. The molecule has 4 N–H and O–H groups in total. The van der Waals surface area contributed by atoms with E-state index in [9.17, 15) is 28.8 Å². The van der Waals surface area contributed by atoms with Gasteiger partial charge in [0.2, 0.25) is 23.5 Å². The number of carbonyl (C=O) groups is 6. The van der Waals surface area contributed by atoms with Gasteiger partial charge in [-0.15, -0.1) is 0 Å². The molecule has 1 aliphatic heterocycles. The zero-order chi connectivity index (χ0) is 33.0. The van der Waals surface area contributed by atoms with Crippen LogP contribution in [0.15, 0.2) is 30.3 Å². The molecule has 5 rings (SSSR count). The van der Waals surface area contributed by atoms with Crippen molar-refractivity contribution in [3.63, 3.8) is 0 Å². The number of carbonyl (C=O) groups excluding carboxylic acids is 6.